The molecule has 1 heterocycles. The Hall–Kier alpha value is -1.56. The fraction of sp³-hybridized carbons (Fsp3) is 0.765. The fourth-order valence-corrected chi connectivity index (χ4v) is 2.47. The highest BCUT2D eigenvalue weighted by Crippen LogP contribution is 2.12. The number of amides is 1. The van der Waals surface area contributed by atoms with Crippen LogP contribution in [0.1, 0.15) is 53.3 Å². The van der Waals surface area contributed by atoms with Crippen molar-refractivity contribution in [3.63, 3.8) is 0 Å². The molecule has 0 aliphatic carbocycles. The number of alkyl carbamates (subject to hydrolysis) is 1. The van der Waals surface area contributed by atoms with Crippen LogP contribution in [0.2, 0.25) is 0 Å². The largest absolute Gasteiger partial charge is 0.444 e. The number of rotatable bonds is 8. The number of ether oxygens (including phenoxy) is 1. The molecule has 0 aliphatic rings. The molecule has 23 heavy (non-hydrogen) atoms. The maximum Gasteiger partial charge on any atom is 0.407 e. The van der Waals surface area contributed by atoms with Gasteiger partial charge in [-0.3, -0.25) is 0 Å². The van der Waals surface area contributed by atoms with E-state index < -0.39 is 5.60 Å². The highest BCUT2D eigenvalue weighted by Gasteiger charge is 2.16. The molecule has 1 atom stereocenters. The van der Waals surface area contributed by atoms with Crippen molar-refractivity contribution in [2.75, 3.05) is 26.2 Å². The van der Waals surface area contributed by atoms with Crippen molar-refractivity contribution in [3.05, 3.63) is 18.2 Å². The second-order valence-corrected chi connectivity index (χ2v) is 6.81. The molecule has 0 aliphatic heterocycles. The van der Waals surface area contributed by atoms with E-state index >= 15 is 0 Å². The second kappa shape index (κ2) is 8.91. The first-order valence-electron chi connectivity index (χ1n) is 8.46. The predicted molar refractivity (Wildman–Crippen MR) is 92.7 cm³/mol. The summed E-state index contributed by atoms with van der Waals surface area (Å²) in [5.41, 5.74) is 0.658. The third kappa shape index (κ3) is 7.03. The molecule has 1 unspecified atom stereocenters. The molecule has 0 saturated carbocycles. The smallest absolute Gasteiger partial charge is 0.407 e. The molecular weight excluding hydrogens is 292 g/mol. The summed E-state index contributed by atoms with van der Waals surface area (Å²) in [6, 6.07) is 0.355. The minimum Gasteiger partial charge on any atom is -0.444 e. The Morgan fingerprint density at radius 1 is 1.39 bits per heavy atom. The molecule has 1 amide bonds. The van der Waals surface area contributed by atoms with Gasteiger partial charge in [0.05, 0.1) is 6.33 Å². The van der Waals surface area contributed by atoms with Gasteiger partial charge >= 0.3 is 6.09 Å². The number of imidazole rings is 1. The van der Waals surface area contributed by atoms with E-state index in [4.69, 9.17) is 4.74 Å². The Morgan fingerprint density at radius 3 is 2.61 bits per heavy atom. The Kier molecular flexibility index (Phi) is 7.55. The molecule has 1 aromatic rings. The molecule has 0 spiro atoms. The van der Waals surface area contributed by atoms with Crippen molar-refractivity contribution in [2.45, 2.75) is 59.6 Å². The maximum absolute atomic E-state index is 11.7. The van der Waals surface area contributed by atoms with Crippen LogP contribution >= 0.6 is 0 Å². The molecule has 132 valence electrons. The first kappa shape index (κ1) is 19.5. The Bertz CT molecular complexity index is 475. The number of carbonyl (C=O) groups is 1. The van der Waals surface area contributed by atoms with Crippen molar-refractivity contribution < 1.29 is 9.53 Å². The Balaban J connectivity index is 2.50. The zero-order valence-corrected chi connectivity index (χ0v) is 15.4. The molecule has 6 heteroatoms. The number of nitrogens with one attached hydrogen (secondary N) is 1. The van der Waals surface area contributed by atoms with E-state index in [2.05, 4.69) is 40.5 Å². The van der Waals surface area contributed by atoms with Crippen LogP contribution in [0.15, 0.2) is 12.5 Å². The van der Waals surface area contributed by atoms with E-state index in [1.54, 1.807) is 0 Å². The van der Waals surface area contributed by atoms with Crippen LogP contribution in [-0.4, -0.2) is 52.3 Å². The van der Waals surface area contributed by atoms with Gasteiger partial charge in [-0.15, -0.1) is 0 Å². The molecule has 1 rings (SSSR count). The van der Waals surface area contributed by atoms with E-state index in [0.717, 1.165) is 31.7 Å². The maximum atomic E-state index is 11.7. The SMILES string of the molecule is CCN(CC)CC(C)n1cncc1CCNC(=O)OC(C)(C)C. The first-order chi connectivity index (χ1) is 10.8. The summed E-state index contributed by atoms with van der Waals surface area (Å²) in [4.78, 5) is 18.3. The number of hydrogen-bond donors (Lipinski definition) is 1. The molecule has 0 fully saturated rings. The molecule has 1 N–H and O–H groups in total. The third-order valence-electron chi connectivity index (χ3n) is 3.69. The van der Waals surface area contributed by atoms with Crippen molar-refractivity contribution in [1.29, 1.82) is 0 Å². The van der Waals surface area contributed by atoms with Crippen LogP contribution in [0.3, 0.4) is 0 Å². The quantitative estimate of drug-likeness (QED) is 0.799. The highest BCUT2D eigenvalue weighted by molar-refractivity contribution is 5.67. The lowest BCUT2D eigenvalue weighted by Gasteiger charge is -2.25. The molecule has 1 aromatic heterocycles. The molecule has 0 bridgehead atoms. The lowest BCUT2D eigenvalue weighted by atomic mass is 10.2. The van der Waals surface area contributed by atoms with Crippen LogP contribution in [0.4, 0.5) is 4.79 Å². The van der Waals surface area contributed by atoms with Crippen molar-refractivity contribution in [1.82, 2.24) is 19.8 Å². The normalized spacial score (nSPS) is 13.2. The average Bonchev–Trinajstić information content (AvgIpc) is 2.91. The van der Waals surface area contributed by atoms with Gasteiger partial charge in [-0.05, 0) is 40.8 Å². The standard InChI is InChI=1S/C17H32N4O2/c1-7-20(8-2)12-14(3)21-13-18-11-15(21)9-10-19-16(22)23-17(4,5)6/h11,13-14H,7-10,12H2,1-6H3,(H,19,22). The number of nitrogens with zero attached hydrogens (tertiary/aromatic N) is 3. The minimum atomic E-state index is -0.468. The van der Waals surface area contributed by atoms with Crippen LogP contribution in [0.25, 0.3) is 0 Å². The van der Waals surface area contributed by atoms with Gasteiger partial charge in [0, 0.05) is 37.4 Å². The number of hydrogen-bond acceptors (Lipinski definition) is 4. The zero-order valence-electron chi connectivity index (χ0n) is 15.4. The minimum absolute atomic E-state index is 0.355. The van der Waals surface area contributed by atoms with Gasteiger partial charge in [-0.2, -0.15) is 0 Å². The van der Waals surface area contributed by atoms with E-state index in [9.17, 15) is 4.79 Å². The van der Waals surface area contributed by atoms with Gasteiger partial charge in [-0.25, -0.2) is 9.78 Å². The number of aromatic nitrogens is 2. The summed E-state index contributed by atoms with van der Waals surface area (Å²) in [6.45, 7) is 15.8. The zero-order chi connectivity index (χ0) is 17.5. The third-order valence-corrected chi connectivity index (χ3v) is 3.69. The average molecular weight is 324 g/mol. The molecule has 0 aromatic carbocycles. The van der Waals surface area contributed by atoms with Gasteiger partial charge in [0.2, 0.25) is 0 Å². The van der Waals surface area contributed by atoms with Gasteiger partial charge in [0.15, 0.2) is 0 Å². The lowest BCUT2D eigenvalue weighted by molar-refractivity contribution is 0.0528. The molecule has 0 radical (unpaired) electrons. The molecule has 0 saturated heterocycles. The summed E-state index contributed by atoms with van der Waals surface area (Å²) in [6.07, 6.45) is 4.11. The number of likely N-dealkylation sites (N-methyl/N-ethyl adjacent to an activating group) is 1. The second-order valence-electron chi connectivity index (χ2n) is 6.81. The van der Waals surface area contributed by atoms with Gasteiger partial charge < -0.3 is 19.5 Å². The van der Waals surface area contributed by atoms with Crippen molar-refractivity contribution in [2.24, 2.45) is 0 Å². The highest BCUT2D eigenvalue weighted by atomic mass is 16.6. The summed E-state index contributed by atoms with van der Waals surface area (Å²) >= 11 is 0. The monoisotopic (exact) mass is 324 g/mol. The fourth-order valence-electron chi connectivity index (χ4n) is 2.47. The van der Waals surface area contributed by atoms with Crippen molar-refractivity contribution in [3.8, 4) is 0 Å². The van der Waals surface area contributed by atoms with Crippen LogP contribution in [-0.2, 0) is 11.2 Å². The lowest BCUT2D eigenvalue weighted by Crippen LogP contribution is -2.34. The number of carbonyl (C=O) groups excluding carboxylic acids is 1. The van der Waals surface area contributed by atoms with E-state index in [1.165, 1.54) is 0 Å². The van der Waals surface area contributed by atoms with Crippen molar-refractivity contribution >= 4 is 6.09 Å². The summed E-state index contributed by atoms with van der Waals surface area (Å²) in [5.74, 6) is 0. The topological polar surface area (TPSA) is 59.4 Å². The van der Waals surface area contributed by atoms with E-state index in [-0.39, 0.29) is 6.09 Å². The van der Waals surface area contributed by atoms with Crippen LogP contribution in [0.5, 0.6) is 0 Å². The van der Waals surface area contributed by atoms with Crippen LogP contribution < -0.4 is 5.32 Å². The Morgan fingerprint density at radius 2 is 2.04 bits per heavy atom. The van der Waals surface area contributed by atoms with Crippen LogP contribution in [0, 0.1) is 0 Å². The Labute approximate surface area is 140 Å². The van der Waals surface area contributed by atoms with E-state index in [0.29, 0.717) is 12.6 Å². The van der Waals surface area contributed by atoms with Gasteiger partial charge in [0.25, 0.3) is 0 Å². The van der Waals surface area contributed by atoms with Gasteiger partial charge in [0.1, 0.15) is 5.60 Å². The summed E-state index contributed by atoms with van der Waals surface area (Å²) in [5, 5.41) is 2.79. The van der Waals surface area contributed by atoms with Gasteiger partial charge in [-0.1, -0.05) is 13.8 Å². The first-order valence-corrected chi connectivity index (χ1v) is 8.46. The van der Waals surface area contributed by atoms with E-state index in [1.807, 2.05) is 33.3 Å². The summed E-state index contributed by atoms with van der Waals surface area (Å²) < 4.78 is 7.43. The molecular formula is C17H32N4O2. The summed E-state index contributed by atoms with van der Waals surface area (Å²) in [7, 11) is 0. The predicted octanol–water partition coefficient (Wildman–Crippen LogP) is 2.85. The molecule has 6 nitrogen and oxygen atoms in total.